The van der Waals surface area contributed by atoms with Crippen LogP contribution >= 0.6 is 0 Å². The van der Waals surface area contributed by atoms with Crippen LogP contribution in [0.4, 0.5) is 5.69 Å². The average molecular weight is 220 g/mol. The van der Waals surface area contributed by atoms with Gasteiger partial charge in [-0.3, -0.25) is 4.79 Å². The Hall–Kier alpha value is -1.81. The van der Waals surface area contributed by atoms with Crippen molar-refractivity contribution < 1.29 is 9.53 Å². The second-order valence-electron chi connectivity index (χ2n) is 3.21. The Morgan fingerprint density at radius 2 is 2.38 bits per heavy atom. The van der Waals surface area contributed by atoms with Gasteiger partial charge in [0.15, 0.2) is 0 Å². The molecule has 16 heavy (non-hydrogen) atoms. The maximum absolute atomic E-state index is 11.3. The molecule has 0 atom stereocenters. The van der Waals surface area contributed by atoms with E-state index in [-0.39, 0.29) is 5.91 Å². The third kappa shape index (κ3) is 4.14. The molecule has 3 N–H and O–H groups in total. The van der Waals surface area contributed by atoms with Crippen molar-refractivity contribution in [2.45, 2.75) is 6.42 Å². The van der Waals surface area contributed by atoms with Crippen LogP contribution in [-0.2, 0) is 4.79 Å². The number of amides is 1. The predicted molar refractivity (Wildman–Crippen MR) is 64.4 cm³/mol. The minimum atomic E-state index is -0.0917. The molecule has 0 saturated carbocycles. The lowest BCUT2D eigenvalue weighted by molar-refractivity contribution is -0.115. The molecule has 1 amide bonds. The van der Waals surface area contributed by atoms with Crippen LogP contribution in [0.25, 0.3) is 0 Å². The molecule has 0 aliphatic heterocycles. The second kappa shape index (κ2) is 6.63. The van der Waals surface area contributed by atoms with Gasteiger partial charge in [-0.25, -0.2) is 0 Å². The topological polar surface area (TPSA) is 64.3 Å². The average Bonchev–Trinajstić information content (AvgIpc) is 2.27. The molecule has 1 rings (SSSR count). The van der Waals surface area contributed by atoms with Crippen molar-refractivity contribution in [3.8, 4) is 5.75 Å². The number of carbonyl (C=O) groups is 1. The molecule has 0 fully saturated rings. The highest BCUT2D eigenvalue weighted by molar-refractivity contribution is 5.91. The van der Waals surface area contributed by atoms with Gasteiger partial charge in [0.05, 0.1) is 0 Å². The third-order valence-corrected chi connectivity index (χ3v) is 1.83. The number of nitrogens with two attached hydrogens (primary N) is 1. The van der Waals surface area contributed by atoms with E-state index in [4.69, 9.17) is 10.5 Å². The van der Waals surface area contributed by atoms with E-state index < -0.39 is 0 Å². The molecular formula is C12H16N2O2. The number of carbonyl (C=O) groups excluding carboxylic acids is 1. The summed E-state index contributed by atoms with van der Waals surface area (Å²) in [6.45, 7) is 4.43. The Labute approximate surface area is 95.1 Å². The molecule has 0 bridgehead atoms. The van der Waals surface area contributed by atoms with Gasteiger partial charge in [0.2, 0.25) is 5.91 Å². The van der Waals surface area contributed by atoms with Gasteiger partial charge in [-0.05, 0) is 12.1 Å². The summed E-state index contributed by atoms with van der Waals surface area (Å²) in [6, 6.07) is 7.20. The van der Waals surface area contributed by atoms with Crippen molar-refractivity contribution >= 4 is 11.6 Å². The van der Waals surface area contributed by atoms with Crippen LogP contribution < -0.4 is 15.8 Å². The summed E-state index contributed by atoms with van der Waals surface area (Å²) >= 11 is 0. The Balaban J connectivity index is 2.59. The van der Waals surface area contributed by atoms with E-state index in [1.807, 2.05) is 12.1 Å². The van der Waals surface area contributed by atoms with E-state index >= 15 is 0 Å². The smallest absolute Gasteiger partial charge is 0.228 e. The summed E-state index contributed by atoms with van der Waals surface area (Å²) in [7, 11) is 0. The second-order valence-corrected chi connectivity index (χ2v) is 3.21. The van der Waals surface area contributed by atoms with Gasteiger partial charge in [-0.15, -0.1) is 6.58 Å². The molecule has 0 heterocycles. The van der Waals surface area contributed by atoms with Crippen LogP contribution in [0.1, 0.15) is 6.42 Å². The van der Waals surface area contributed by atoms with E-state index in [1.54, 1.807) is 18.2 Å². The zero-order valence-electron chi connectivity index (χ0n) is 9.11. The summed E-state index contributed by atoms with van der Waals surface area (Å²) in [5.74, 6) is 0.604. The summed E-state index contributed by atoms with van der Waals surface area (Å²) in [6.07, 6.45) is 1.86. The molecule has 0 saturated heterocycles. The van der Waals surface area contributed by atoms with Gasteiger partial charge in [-0.1, -0.05) is 12.1 Å². The van der Waals surface area contributed by atoms with E-state index in [1.165, 1.54) is 0 Å². The van der Waals surface area contributed by atoms with Crippen LogP contribution in [0.3, 0.4) is 0 Å². The monoisotopic (exact) mass is 220 g/mol. The largest absolute Gasteiger partial charge is 0.492 e. The van der Waals surface area contributed by atoms with Crippen LogP contribution in [0.5, 0.6) is 5.75 Å². The fourth-order valence-electron chi connectivity index (χ4n) is 1.18. The van der Waals surface area contributed by atoms with E-state index in [9.17, 15) is 4.79 Å². The molecule has 0 aliphatic carbocycles. The van der Waals surface area contributed by atoms with Crippen molar-refractivity contribution in [1.82, 2.24) is 0 Å². The number of hydrogen-bond donors (Lipinski definition) is 2. The van der Waals surface area contributed by atoms with Crippen molar-refractivity contribution in [1.29, 1.82) is 0 Å². The van der Waals surface area contributed by atoms with Crippen LogP contribution in [0.2, 0.25) is 0 Å². The Morgan fingerprint density at radius 3 is 3.06 bits per heavy atom. The minimum absolute atomic E-state index is 0.0917. The van der Waals surface area contributed by atoms with Crippen molar-refractivity contribution in [2.24, 2.45) is 5.73 Å². The summed E-state index contributed by atoms with van der Waals surface area (Å²) in [4.78, 5) is 11.3. The highest BCUT2D eigenvalue weighted by Crippen LogP contribution is 2.17. The Bertz CT molecular complexity index is 364. The Morgan fingerprint density at radius 1 is 1.56 bits per heavy atom. The molecule has 86 valence electrons. The van der Waals surface area contributed by atoms with Crippen molar-refractivity contribution in [3.05, 3.63) is 36.9 Å². The SMILES string of the molecule is C=CCC(=O)Nc1cccc(OCCN)c1. The lowest BCUT2D eigenvalue weighted by atomic mass is 10.3. The van der Waals surface area contributed by atoms with Gasteiger partial charge < -0.3 is 15.8 Å². The lowest BCUT2D eigenvalue weighted by Gasteiger charge is -2.07. The zero-order valence-corrected chi connectivity index (χ0v) is 9.11. The normalized spacial score (nSPS) is 9.56. The van der Waals surface area contributed by atoms with Gasteiger partial charge in [0, 0.05) is 24.7 Å². The minimum Gasteiger partial charge on any atom is -0.492 e. The zero-order chi connectivity index (χ0) is 11.8. The molecule has 0 aliphatic rings. The first-order valence-corrected chi connectivity index (χ1v) is 5.10. The summed E-state index contributed by atoms with van der Waals surface area (Å²) in [5.41, 5.74) is 6.04. The molecule has 0 aromatic heterocycles. The third-order valence-electron chi connectivity index (χ3n) is 1.83. The maximum Gasteiger partial charge on any atom is 0.228 e. The van der Waals surface area contributed by atoms with E-state index in [0.717, 1.165) is 0 Å². The van der Waals surface area contributed by atoms with Crippen LogP contribution in [0, 0.1) is 0 Å². The molecule has 0 unspecified atom stereocenters. The standard InChI is InChI=1S/C12H16N2O2/c1-2-4-12(15)14-10-5-3-6-11(9-10)16-8-7-13/h2-3,5-6,9H,1,4,7-8,13H2,(H,14,15). The van der Waals surface area contributed by atoms with Gasteiger partial charge in [0.1, 0.15) is 12.4 Å². The maximum atomic E-state index is 11.3. The molecule has 1 aromatic carbocycles. The summed E-state index contributed by atoms with van der Waals surface area (Å²) in [5, 5.41) is 2.74. The van der Waals surface area contributed by atoms with Crippen LogP contribution in [-0.4, -0.2) is 19.1 Å². The number of hydrogen-bond acceptors (Lipinski definition) is 3. The lowest BCUT2D eigenvalue weighted by Crippen LogP contribution is -2.12. The highest BCUT2D eigenvalue weighted by atomic mass is 16.5. The highest BCUT2D eigenvalue weighted by Gasteiger charge is 2.00. The molecule has 4 heteroatoms. The van der Waals surface area contributed by atoms with Crippen molar-refractivity contribution in [2.75, 3.05) is 18.5 Å². The van der Waals surface area contributed by atoms with Crippen molar-refractivity contribution in [3.63, 3.8) is 0 Å². The first-order valence-electron chi connectivity index (χ1n) is 5.10. The number of ether oxygens (including phenoxy) is 1. The van der Waals surface area contributed by atoms with Gasteiger partial charge in [-0.2, -0.15) is 0 Å². The first-order chi connectivity index (χ1) is 7.76. The quantitative estimate of drug-likeness (QED) is 0.715. The van der Waals surface area contributed by atoms with E-state index in [2.05, 4.69) is 11.9 Å². The fourth-order valence-corrected chi connectivity index (χ4v) is 1.18. The van der Waals surface area contributed by atoms with Gasteiger partial charge >= 0.3 is 0 Å². The molecule has 1 aromatic rings. The summed E-state index contributed by atoms with van der Waals surface area (Å²) < 4.78 is 5.34. The number of anilines is 1. The molecule has 0 radical (unpaired) electrons. The molecule has 4 nitrogen and oxygen atoms in total. The fraction of sp³-hybridized carbons (Fsp3) is 0.250. The van der Waals surface area contributed by atoms with E-state index in [0.29, 0.717) is 31.0 Å². The first kappa shape index (κ1) is 12.3. The number of nitrogens with one attached hydrogen (secondary N) is 1. The number of benzene rings is 1. The number of rotatable bonds is 6. The Kier molecular flexibility index (Phi) is 5.08. The van der Waals surface area contributed by atoms with Gasteiger partial charge in [0.25, 0.3) is 0 Å². The predicted octanol–water partition coefficient (Wildman–Crippen LogP) is 1.54. The molecular weight excluding hydrogens is 204 g/mol. The molecule has 0 spiro atoms. The van der Waals surface area contributed by atoms with Crippen LogP contribution in [0.15, 0.2) is 36.9 Å².